The SMILES string of the molecule is c1ccc(P(c2ccccc2)c2cccc3c2-c2c(cccc2P(c2ccccc2)c2ccccc2)CCCCCC3)cc1. The molecule has 0 atom stereocenters. The summed E-state index contributed by atoms with van der Waals surface area (Å²) in [5.74, 6) is 0. The average molecular weight is 605 g/mol. The van der Waals surface area contributed by atoms with Gasteiger partial charge < -0.3 is 0 Å². The van der Waals surface area contributed by atoms with Crippen molar-refractivity contribution in [2.75, 3.05) is 0 Å². The Balaban J connectivity index is 1.55. The van der Waals surface area contributed by atoms with E-state index in [-0.39, 0.29) is 0 Å². The summed E-state index contributed by atoms with van der Waals surface area (Å²) in [7, 11) is -1.51. The third kappa shape index (κ3) is 6.08. The van der Waals surface area contributed by atoms with E-state index in [1.165, 1.54) is 79.8 Å². The summed E-state index contributed by atoms with van der Waals surface area (Å²) >= 11 is 0. The van der Waals surface area contributed by atoms with Gasteiger partial charge in [0, 0.05) is 0 Å². The van der Waals surface area contributed by atoms with Crippen molar-refractivity contribution in [1.82, 2.24) is 0 Å². The minimum Gasteiger partial charge on any atom is -0.0622 e. The van der Waals surface area contributed by atoms with Crippen molar-refractivity contribution in [3.8, 4) is 11.1 Å². The van der Waals surface area contributed by atoms with E-state index in [9.17, 15) is 0 Å². The largest absolute Gasteiger partial charge is 0.0622 e. The Morgan fingerprint density at radius 3 is 0.932 bits per heavy atom. The van der Waals surface area contributed by atoms with Crippen LogP contribution in [-0.2, 0) is 12.8 Å². The summed E-state index contributed by atoms with van der Waals surface area (Å²) in [5.41, 5.74) is 6.01. The summed E-state index contributed by atoms with van der Waals surface area (Å²) in [5, 5.41) is 8.61. The Labute approximate surface area is 265 Å². The Hall–Kier alpha value is -3.82. The van der Waals surface area contributed by atoms with Gasteiger partial charge in [-0.1, -0.05) is 171 Å². The lowest BCUT2D eigenvalue weighted by atomic mass is 9.89. The van der Waals surface area contributed by atoms with Crippen LogP contribution in [0.1, 0.15) is 36.8 Å². The molecule has 0 amide bonds. The van der Waals surface area contributed by atoms with Crippen LogP contribution in [0.15, 0.2) is 158 Å². The molecule has 0 unspecified atom stereocenters. The van der Waals surface area contributed by atoms with Gasteiger partial charge in [0.1, 0.15) is 0 Å². The zero-order chi connectivity index (χ0) is 29.6. The summed E-state index contributed by atoms with van der Waals surface area (Å²) < 4.78 is 0. The molecule has 0 radical (unpaired) electrons. The second-order valence-corrected chi connectivity index (χ2v) is 15.9. The molecule has 0 N–H and O–H groups in total. The van der Waals surface area contributed by atoms with Crippen LogP contribution in [0.25, 0.3) is 11.1 Å². The molecule has 0 fully saturated rings. The van der Waals surface area contributed by atoms with Gasteiger partial charge in [0.25, 0.3) is 0 Å². The van der Waals surface area contributed by atoms with Crippen LogP contribution in [0.2, 0.25) is 0 Å². The van der Waals surface area contributed by atoms with E-state index in [0.717, 1.165) is 12.8 Å². The quantitative estimate of drug-likeness (QED) is 0.167. The van der Waals surface area contributed by atoms with Crippen molar-refractivity contribution in [1.29, 1.82) is 0 Å². The zero-order valence-corrected chi connectivity index (χ0v) is 26.9. The third-order valence-corrected chi connectivity index (χ3v) is 13.7. The molecule has 1 aliphatic rings. The molecular weight excluding hydrogens is 566 g/mol. The summed E-state index contributed by atoms with van der Waals surface area (Å²) in [6.45, 7) is 0. The van der Waals surface area contributed by atoms with Crippen molar-refractivity contribution >= 4 is 47.7 Å². The van der Waals surface area contributed by atoms with E-state index in [2.05, 4.69) is 158 Å². The van der Waals surface area contributed by atoms with Gasteiger partial charge in [-0.2, -0.15) is 0 Å². The second kappa shape index (κ2) is 13.9. The molecule has 216 valence electrons. The van der Waals surface area contributed by atoms with Crippen molar-refractivity contribution < 1.29 is 0 Å². The number of aryl methyl sites for hydroxylation is 2. The molecule has 7 rings (SSSR count). The molecule has 2 heteroatoms. The fraction of sp³-hybridized carbons (Fsp3) is 0.143. The van der Waals surface area contributed by atoms with Crippen molar-refractivity contribution in [2.24, 2.45) is 0 Å². The fourth-order valence-electron chi connectivity index (χ4n) is 6.69. The molecule has 6 aromatic rings. The van der Waals surface area contributed by atoms with E-state index in [1.807, 2.05) is 0 Å². The first-order valence-electron chi connectivity index (χ1n) is 15.9. The fourth-order valence-corrected chi connectivity index (χ4v) is 11.7. The van der Waals surface area contributed by atoms with E-state index in [4.69, 9.17) is 0 Å². The lowest BCUT2D eigenvalue weighted by Crippen LogP contribution is -2.27. The smallest absolute Gasteiger partial charge is 0.00588 e. The van der Waals surface area contributed by atoms with Crippen LogP contribution in [0.4, 0.5) is 0 Å². The number of hydrogen-bond acceptors (Lipinski definition) is 0. The zero-order valence-electron chi connectivity index (χ0n) is 25.1. The van der Waals surface area contributed by atoms with E-state index < -0.39 is 15.8 Å². The second-order valence-electron chi connectivity index (χ2n) is 11.5. The van der Waals surface area contributed by atoms with Gasteiger partial charge in [-0.3, -0.25) is 0 Å². The van der Waals surface area contributed by atoms with Crippen LogP contribution in [0.3, 0.4) is 0 Å². The lowest BCUT2D eigenvalue weighted by molar-refractivity contribution is 0.639. The van der Waals surface area contributed by atoms with Crippen molar-refractivity contribution in [3.05, 3.63) is 169 Å². The van der Waals surface area contributed by atoms with Crippen LogP contribution in [0, 0.1) is 0 Å². The van der Waals surface area contributed by atoms with Crippen molar-refractivity contribution in [2.45, 2.75) is 38.5 Å². The maximum atomic E-state index is 2.45. The third-order valence-electron chi connectivity index (χ3n) is 8.69. The normalized spacial score (nSPS) is 13.3. The molecule has 6 aromatic carbocycles. The lowest BCUT2D eigenvalue weighted by Gasteiger charge is -2.30. The maximum absolute atomic E-state index is 2.45. The van der Waals surface area contributed by atoms with Crippen LogP contribution >= 0.6 is 15.8 Å². The van der Waals surface area contributed by atoms with Crippen LogP contribution < -0.4 is 31.8 Å². The number of rotatable bonds is 6. The molecule has 0 heterocycles. The highest BCUT2D eigenvalue weighted by atomic mass is 31.1. The predicted octanol–water partition coefficient (Wildman–Crippen LogP) is 8.53. The monoisotopic (exact) mass is 604 g/mol. The highest BCUT2D eigenvalue weighted by molar-refractivity contribution is 7.80. The molecular formula is C42H38P2. The Bertz CT molecular complexity index is 1580. The van der Waals surface area contributed by atoms with E-state index in [1.54, 1.807) is 0 Å². The molecule has 0 aliphatic heterocycles. The Kier molecular flexibility index (Phi) is 9.11. The average Bonchev–Trinajstić information content (AvgIpc) is 3.09. The first kappa shape index (κ1) is 28.9. The van der Waals surface area contributed by atoms with Gasteiger partial charge in [0.2, 0.25) is 0 Å². The number of benzene rings is 6. The molecule has 0 aromatic heterocycles. The van der Waals surface area contributed by atoms with Gasteiger partial charge in [0.05, 0.1) is 0 Å². The molecule has 1 aliphatic carbocycles. The van der Waals surface area contributed by atoms with E-state index >= 15 is 0 Å². The molecule has 0 saturated carbocycles. The van der Waals surface area contributed by atoms with Gasteiger partial charge in [-0.05, 0) is 95.6 Å². The van der Waals surface area contributed by atoms with Crippen LogP contribution in [-0.4, -0.2) is 0 Å². The van der Waals surface area contributed by atoms with Gasteiger partial charge in [-0.25, -0.2) is 0 Å². The minimum atomic E-state index is -0.754. The van der Waals surface area contributed by atoms with Gasteiger partial charge in [0.15, 0.2) is 0 Å². The number of hydrogen-bond donors (Lipinski definition) is 0. The molecule has 44 heavy (non-hydrogen) atoms. The highest BCUT2D eigenvalue weighted by Crippen LogP contribution is 2.44. The highest BCUT2D eigenvalue weighted by Gasteiger charge is 2.28. The summed E-state index contributed by atoms with van der Waals surface area (Å²) in [6.07, 6.45) is 7.33. The molecule has 0 bridgehead atoms. The first-order valence-corrected chi connectivity index (χ1v) is 18.6. The minimum absolute atomic E-state index is 0.754. The topological polar surface area (TPSA) is 0 Å². The van der Waals surface area contributed by atoms with E-state index in [0.29, 0.717) is 0 Å². The van der Waals surface area contributed by atoms with Crippen LogP contribution in [0.5, 0.6) is 0 Å². The Morgan fingerprint density at radius 2 is 0.614 bits per heavy atom. The van der Waals surface area contributed by atoms with Gasteiger partial charge in [-0.15, -0.1) is 0 Å². The molecule has 0 nitrogen and oxygen atoms in total. The number of fused-ring (bicyclic) bond motifs is 3. The summed E-state index contributed by atoms with van der Waals surface area (Å²) in [4.78, 5) is 0. The van der Waals surface area contributed by atoms with Crippen molar-refractivity contribution in [3.63, 3.8) is 0 Å². The van der Waals surface area contributed by atoms with Gasteiger partial charge >= 0.3 is 0 Å². The predicted molar refractivity (Wildman–Crippen MR) is 195 cm³/mol. The standard InChI is InChI=1S/C42H38P2/c1-2-8-20-34-22-18-32-40(44(37-27-13-5-14-28-37)38-29-15-6-16-30-38)42(34)41-33(19-7-1)21-17-31-39(41)43(35-23-9-3-10-24-35)36-25-11-4-12-26-36/h3-6,9-18,21-32H,1-2,7-8,19-20H2. The maximum Gasteiger partial charge on any atom is -0.00588 e. The molecule has 0 spiro atoms. The molecule has 0 saturated heterocycles. The first-order chi connectivity index (χ1) is 21.9. The summed E-state index contributed by atoms with van der Waals surface area (Å²) in [6, 6.07) is 59.4. The Morgan fingerprint density at radius 1 is 0.295 bits per heavy atom.